The molecule has 1 atom stereocenters. The van der Waals surface area contributed by atoms with Crippen LogP contribution in [0.2, 0.25) is 0 Å². The number of amides is 1. The Morgan fingerprint density at radius 1 is 1.42 bits per heavy atom. The largest absolute Gasteiger partial charge is 0.392 e. The van der Waals surface area contributed by atoms with Crippen LogP contribution in [-0.2, 0) is 19.1 Å². The van der Waals surface area contributed by atoms with Gasteiger partial charge in [-0.3, -0.25) is 4.79 Å². The third-order valence-electron chi connectivity index (χ3n) is 5.03. The SMILES string of the molecule is COCCNC(=O)C1(C[C@@H]2CC(c3cccc(F)c3)=NO2)CCOCC1. The van der Waals surface area contributed by atoms with Gasteiger partial charge < -0.3 is 19.6 Å². The average molecular weight is 364 g/mol. The summed E-state index contributed by atoms with van der Waals surface area (Å²) in [6.07, 6.45) is 2.25. The molecule has 142 valence electrons. The molecular weight excluding hydrogens is 339 g/mol. The van der Waals surface area contributed by atoms with Crippen molar-refractivity contribution in [2.45, 2.75) is 31.8 Å². The van der Waals surface area contributed by atoms with E-state index in [0.29, 0.717) is 52.0 Å². The lowest BCUT2D eigenvalue weighted by molar-refractivity contribution is -0.140. The number of hydrogen-bond acceptors (Lipinski definition) is 5. The first-order chi connectivity index (χ1) is 12.6. The summed E-state index contributed by atoms with van der Waals surface area (Å²) in [5, 5.41) is 7.08. The summed E-state index contributed by atoms with van der Waals surface area (Å²) in [6, 6.07) is 6.32. The number of hydrogen-bond donors (Lipinski definition) is 1. The van der Waals surface area contributed by atoms with Gasteiger partial charge in [0, 0.05) is 45.3 Å². The van der Waals surface area contributed by atoms with Crippen LogP contribution in [0.3, 0.4) is 0 Å². The molecule has 0 bridgehead atoms. The van der Waals surface area contributed by atoms with E-state index in [-0.39, 0.29) is 17.8 Å². The predicted octanol–water partition coefficient (Wildman–Crippen LogP) is 2.27. The van der Waals surface area contributed by atoms with Gasteiger partial charge in [0.25, 0.3) is 0 Å². The van der Waals surface area contributed by atoms with E-state index in [1.807, 2.05) is 6.07 Å². The number of halogens is 1. The number of carbonyl (C=O) groups excluding carboxylic acids is 1. The minimum absolute atomic E-state index is 0.0145. The van der Waals surface area contributed by atoms with Gasteiger partial charge in [-0.25, -0.2) is 4.39 Å². The minimum Gasteiger partial charge on any atom is -0.392 e. The Kier molecular flexibility index (Phi) is 6.21. The molecule has 0 aliphatic carbocycles. The molecule has 3 rings (SSSR count). The first kappa shape index (κ1) is 18.8. The molecule has 1 N–H and O–H groups in total. The molecule has 0 spiro atoms. The fraction of sp³-hybridized carbons (Fsp3) is 0.579. The van der Waals surface area contributed by atoms with Crippen molar-refractivity contribution in [1.82, 2.24) is 5.32 Å². The number of benzene rings is 1. The molecule has 2 aliphatic rings. The lowest BCUT2D eigenvalue weighted by Gasteiger charge is -2.36. The molecule has 7 heteroatoms. The standard InChI is InChI=1S/C19H25FN2O4/c1-24-10-7-21-18(23)19(5-8-25-9-6-19)13-16-12-17(22-26-16)14-3-2-4-15(20)11-14/h2-4,11,16H,5-10,12-13H2,1H3,(H,21,23)/t16-/m0/s1. The van der Waals surface area contributed by atoms with E-state index < -0.39 is 5.41 Å². The first-order valence-electron chi connectivity index (χ1n) is 8.96. The molecule has 0 saturated carbocycles. The van der Waals surface area contributed by atoms with Crippen LogP contribution in [0.4, 0.5) is 4.39 Å². The maximum atomic E-state index is 13.4. The molecule has 1 aromatic rings. The molecule has 6 nitrogen and oxygen atoms in total. The molecule has 0 radical (unpaired) electrons. The molecule has 1 amide bonds. The molecular formula is C19H25FN2O4. The summed E-state index contributed by atoms with van der Waals surface area (Å²) >= 11 is 0. The second-order valence-electron chi connectivity index (χ2n) is 6.83. The van der Waals surface area contributed by atoms with Crippen LogP contribution in [0.1, 0.15) is 31.2 Å². The van der Waals surface area contributed by atoms with Gasteiger partial charge in [0.05, 0.1) is 17.7 Å². The summed E-state index contributed by atoms with van der Waals surface area (Å²) in [7, 11) is 1.61. The van der Waals surface area contributed by atoms with Gasteiger partial charge >= 0.3 is 0 Å². The van der Waals surface area contributed by atoms with Crippen LogP contribution in [0.15, 0.2) is 29.4 Å². The van der Waals surface area contributed by atoms with E-state index >= 15 is 0 Å². The van der Waals surface area contributed by atoms with Gasteiger partial charge in [0.1, 0.15) is 11.9 Å². The summed E-state index contributed by atoms with van der Waals surface area (Å²) in [6.45, 7) is 2.07. The van der Waals surface area contributed by atoms with Crippen LogP contribution in [-0.4, -0.2) is 51.2 Å². The van der Waals surface area contributed by atoms with Crippen molar-refractivity contribution in [2.75, 3.05) is 33.5 Å². The van der Waals surface area contributed by atoms with Gasteiger partial charge in [-0.1, -0.05) is 17.3 Å². The fourth-order valence-corrected chi connectivity index (χ4v) is 3.55. The maximum absolute atomic E-state index is 13.4. The smallest absolute Gasteiger partial charge is 0.226 e. The fourth-order valence-electron chi connectivity index (χ4n) is 3.55. The number of methoxy groups -OCH3 is 1. The molecule has 0 aromatic heterocycles. The summed E-state index contributed by atoms with van der Waals surface area (Å²) in [4.78, 5) is 18.4. The number of ether oxygens (including phenoxy) is 2. The van der Waals surface area contributed by atoms with Gasteiger partial charge in [-0.15, -0.1) is 0 Å². The van der Waals surface area contributed by atoms with Gasteiger partial charge in [-0.05, 0) is 25.0 Å². The van der Waals surface area contributed by atoms with Crippen LogP contribution >= 0.6 is 0 Å². The third-order valence-corrected chi connectivity index (χ3v) is 5.03. The molecule has 1 saturated heterocycles. The number of rotatable bonds is 7. The molecule has 0 unspecified atom stereocenters. The average Bonchev–Trinajstić information content (AvgIpc) is 3.11. The second-order valence-corrected chi connectivity index (χ2v) is 6.83. The highest BCUT2D eigenvalue weighted by Gasteiger charge is 2.43. The van der Waals surface area contributed by atoms with Crippen molar-refractivity contribution >= 4 is 11.6 Å². The van der Waals surface area contributed by atoms with Gasteiger partial charge in [0.2, 0.25) is 5.91 Å². The van der Waals surface area contributed by atoms with E-state index in [1.165, 1.54) is 12.1 Å². The van der Waals surface area contributed by atoms with Gasteiger partial charge in [0.15, 0.2) is 0 Å². The number of nitrogens with one attached hydrogen (secondary N) is 1. The van der Waals surface area contributed by atoms with Crippen molar-refractivity contribution in [3.63, 3.8) is 0 Å². The van der Waals surface area contributed by atoms with E-state index in [1.54, 1.807) is 13.2 Å². The molecule has 1 fully saturated rings. The Hall–Kier alpha value is -1.99. The van der Waals surface area contributed by atoms with Crippen LogP contribution in [0.25, 0.3) is 0 Å². The monoisotopic (exact) mass is 364 g/mol. The van der Waals surface area contributed by atoms with Crippen molar-refractivity contribution in [2.24, 2.45) is 10.6 Å². The quantitative estimate of drug-likeness (QED) is 0.754. The molecule has 2 heterocycles. The van der Waals surface area contributed by atoms with Crippen molar-refractivity contribution < 1.29 is 23.5 Å². The number of carbonyl (C=O) groups is 1. The molecule has 2 aliphatic heterocycles. The normalized spacial score (nSPS) is 21.8. The highest BCUT2D eigenvalue weighted by atomic mass is 19.1. The van der Waals surface area contributed by atoms with Crippen LogP contribution < -0.4 is 5.32 Å². The molecule has 1 aromatic carbocycles. The Morgan fingerprint density at radius 3 is 2.96 bits per heavy atom. The molecule has 26 heavy (non-hydrogen) atoms. The summed E-state index contributed by atoms with van der Waals surface area (Å²) in [5.41, 5.74) is 0.915. The lowest BCUT2D eigenvalue weighted by atomic mass is 9.74. The Labute approximate surface area is 152 Å². The summed E-state index contributed by atoms with van der Waals surface area (Å²) < 4.78 is 23.9. The maximum Gasteiger partial charge on any atom is 0.226 e. The van der Waals surface area contributed by atoms with Crippen molar-refractivity contribution in [3.8, 4) is 0 Å². The van der Waals surface area contributed by atoms with E-state index in [2.05, 4.69) is 10.5 Å². The lowest BCUT2D eigenvalue weighted by Crippen LogP contribution is -2.47. The predicted molar refractivity (Wildman–Crippen MR) is 94.4 cm³/mol. The van der Waals surface area contributed by atoms with E-state index in [9.17, 15) is 9.18 Å². The van der Waals surface area contributed by atoms with E-state index in [4.69, 9.17) is 14.3 Å². The first-order valence-corrected chi connectivity index (χ1v) is 8.96. The Bertz CT molecular complexity index is 659. The number of oxime groups is 1. The highest BCUT2D eigenvalue weighted by molar-refractivity contribution is 6.01. The van der Waals surface area contributed by atoms with Crippen molar-refractivity contribution in [3.05, 3.63) is 35.6 Å². The third kappa shape index (κ3) is 4.40. The van der Waals surface area contributed by atoms with Crippen molar-refractivity contribution in [1.29, 1.82) is 0 Å². The van der Waals surface area contributed by atoms with Crippen LogP contribution in [0.5, 0.6) is 0 Å². The zero-order valence-corrected chi connectivity index (χ0v) is 15.0. The van der Waals surface area contributed by atoms with Gasteiger partial charge in [-0.2, -0.15) is 0 Å². The summed E-state index contributed by atoms with van der Waals surface area (Å²) in [5.74, 6) is -0.285. The Morgan fingerprint density at radius 2 is 2.23 bits per heavy atom. The van der Waals surface area contributed by atoms with E-state index in [0.717, 1.165) is 11.3 Å². The van der Waals surface area contributed by atoms with Crippen LogP contribution in [0, 0.1) is 11.2 Å². The second kappa shape index (κ2) is 8.60. The Balaban J connectivity index is 1.64. The highest BCUT2D eigenvalue weighted by Crippen LogP contribution is 2.38. The number of nitrogens with zero attached hydrogens (tertiary/aromatic N) is 1. The zero-order chi connectivity index (χ0) is 18.4. The topological polar surface area (TPSA) is 69.2 Å². The minimum atomic E-state index is -0.524. The zero-order valence-electron chi connectivity index (χ0n) is 15.0.